The van der Waals surface area contributed by atoms with Crippen LogP contribution in [0.25, 0.3) is 0 Å². The third-order valence-corrected chi connectivity index (χ3v) is 5.20. The lowest BCUT2D eigenvalue weighted by molar-refractivity contribution is -0.0723. The largest absolute Gasteiger partial charge is 0.384 e. The van der Waals surface area contributed by atoms with E-state index in [-0.39, 0.29) is 5.56 Å². The first-order valence-corrected chi connectivity index (χ1v) is 7.85. The van der Waals surface area contributed by atoms with Gasteiger partial charge in [-0.3, -0.25) is 0 Å². The predicted molar refractivity (Wildman–Crippen MR) is 80.9 cm³/mol. The van der Waals surface area contributed by atoms with Gasteiger partial charge in [-0.1, -0.05) is 38.0 Å². The van der Waals surface area contributed by atoms with E-state index in [0.29, 0.717) is 18.8 Å². The van der Waals surface area contributed by atoms with Crippen LogP contribution in [0.4, 0.5) is 4.39 Å². The van der Waals surface area contributed by atoms with Crippen LogP contribution >= 0.6 is 0 Å². The van der Waals surface area contributed by atoms with E-state index in [4.69, 9.17) is 0 Å². The molecule has 3 heteroatoms. The van der Waals surface area contributed by atoms with Gasteiger partial charge in [0, 0.05) is 5.56 Å². The van der Waals surface area contributed by atoms with Crippen molar-refractivity contribution in [1.29, 1.82) is 5.26 Å². The summed E-state index contributed by atoms with van der Waals surface area (Å²) in [7, 11) is 0. The number of hydrogen-bond acceptors (Lipinski definition) is 2. The number of hydrogen-bond donors (Lipinski definition) is 1. The van der Waals surface area contributed by atoms with Crippen molar-refractivity contribution in [2.45, 2.75) is 58.0 Å². The van der Waals surface area contributed by atoms with Crippen molar-refractivity contribution in [2.75, 3.05) is 0 Å². The van der Waals surface area contributed by atoms with Crippen LogP contribution in [-0.4, -0.2) is 5.11 Å². The minimum absolute atomic E-state index is 0.237. The average Bonchev–Trinajstić information content (AvgIpc) is 2.48. The van der Waals surface area contributed by atoms with Gasteiger partial charge in [0.25, 0.3) is 0 Å². The van der Waals surface area contributed by atoms with E-state index in [1.807, 2.05) is 0 Å². The second-order valence-electron chi connectivity index (χ2n) is 6.48. The Hall–Kier alpha value is -1.40. The van der Waals surface area contributed by atoms with Crippen molar-refractivity contribution in [2.24, 2.45) is 11.3 Å². The molecule has 1 aromatic carbocycles. The van der Waals surface area contributed by atoms with Crippen LogP contribution in [0.2, 0.25) is 0 Å². The van der Waals surface area contributed by atoms with Gasteiger partial charge >= 0.3 is 0 Å². The molecular formula is C18H24FNO. The number of nitrogens with zero attached hydrogens (tertiary/aromatic N) is 1. The lowest BCUT2D eigenvalue weighted by Gasteiger charge is -2.45. The standard InChI is InChI=1S/C18H24FNO/c1-3-6-14-9-11-18(13-20,12-10-14)17(2,21)15-7-4-5-8-16(15)19/h4-5,7-8,14,21H,3,6,9-12H2,1-2H3. The number of halogens is 1. The zero-order valence-electron chi connectivity index (χ0n) is 12.9. The molecule has 114 valence electrons. The molecule has 21 heavy (non-hydrogen) atoms. The van der Waals surface area contributed by atoms with E-state index in [2.05, 4.69) is 13.0 Å². The summed E-state index contributed by atoms with van der Waals surface area (Å²) >= 11 is 0. The highest BCUT2D eigenvalue weighted by molar-refractivity contribution is 5.30. The van der Waals surface area contributed by atoms with Gasteiger partial charge in [-0.05, 0) is 44.6 Å². The highest BCUT2D eigenvalue weighted by Crippen LogP contribution is 2.51. The Morgan fingerprint density at radius 3 is 2.52 bits per heavy atom. The first kappa shape index (κ1) is 16.0. The summed E-state index contributed by atoms with van der Waals surface area (Å²) in [5.74, 6) is 0.195. The van der Waals surface area contributed by atoms with E-state index in [1.165, 1.54) is 12.5 Å². The van der Waals surface area contributed by atoms with Gasteiger partial charge in [-0.15, -0.1) is 0 Å². The SMILES string of the molecule is CCCC1CCC(C#N)(C(C)(O)c2ccccc2F)CC1. The van der Waals surface area contributed by atoms with Crippen molar-refractivity contribution < 1.29 is 9.50 Å². The van der Waals surface area contributed by atoms with Crippen molar-refractivity contribution >= 4 is 0 Å². The van der Waals surface area contributed by atoms with Crippen molar-refractivity contribution in [1.82, 2.24) is 0 Å². The topological polar surface area (TPSA) is 44.0 Å². The van der Waals surface area contributed by atoms with Gasteiger partial charge in [0.15, 0.2) is 0 Å². The first-order valence-electron chi connectivity index (χ1n) is 7.85. The maximum absolute atomic E-state index is 14.1. The van der Waals surface area contributed by atoms with Crippen LogP contribution in [0.1, 0.15) is 57.9 Å². The molecule has 0 heterocycles. The van der Waals surface area contributed by atoms with E-state index in [0.717, 1.165) is 19.3 Å². The molecule has 1 saturated carbocycles. The van der Waals surface area contributed by atoms with Crippen molar-refractivity contribution in [3.63, 3.8) is 0 Å². The lowest BCUT2D eigenvalue weighted by Crippen LogP contribution is -2.45. The molecule has 1 unspecified atom stereocenters. The summed E-state index contributed by atoms with van der Waals surface area (Å²) in [6, 6.07) is 8.58. The van der Waals surface area contributed by atoms with Crippen LogP contribution in [0, 0.1) is 28.5 Å². The highest BCUT2D eigenvalue weighted by atomic mass is 19.1. The smallest absolute Gasteiger partial charge is 0.129 e. The van der Waals surface area contributed by atoms with Gasteiger partial charge < -0.3 is 5.11 Å². The number of aliphatic hydroxyl groups is 1. The second-order valence-corrected chi connectivity index (χ2v) is 6.48. The molecule has 1 aliphatic rings. The molecule has 2 nitrogen and oxygen atoms in total. The molecule has 0 aromatic heterocycles. The highest BCUT2D eigenvalue weighted by Gasteiger charge is 2.51. The number of benzene rings is 1. The van der Waals surface area contributed by atoms with Crippen LogP contribution in [0.5, 0.6) is 0 Å². The Balaban J connectivity index is 2.29. The quantitative estimate of drug-likeness (QED) is 0.884. The van der Waals surface area contributed by atoms with Crippen LogP contribution in [-0.2, 0) is 5.60 Å². The van der Waals surface area contributed by atoms with E-state index in [9.17, 15) is 14.8 Å². The fourth-order valence-electron chi connectivity index (χ4n) is 3.69. The molecule has 1 aliphatic carbocycles. The molecule has 0 bridgehead atoms. The zero-order chi connectivity index (χ0) is 15.5. The fraction of sp³-hybridized carbons (Fsp3) is 0.611. The maximum atomic E-state index is 14.1. The normalized spacial score (nSPS) is 28.6. The van der Waals surface area contributed by atoms with Gasteiger partial charge in [0.1, 0.15) is 11.4 Å². The minimum Gasteiger partial charge on any atom is -0.384 e. The zero-order valence-corrected chi connectivity index (χ0v) is 12.9. The summed E-state index contributed by atoms with van der Waals surface area (Å²) in [5.41, 5.74) is -2.11. The number of rotatable bonds is 4. The Morgan fingerprint density at radius 1 is 1.38 bits per heavy atom. The van der Waals surface area contributed by atoms with Gasteiger partial charge in [0.2, 0.25) is 0 Å². The molecule has 0 radical (unpaired) electrons. The third-order valence-electron chi connectivity index (χ3n) is 5.20. The molecule has 0 spiro atoms. The van der Waals surface area contributed by atoms with Crippen molar-refractivity contribution in [3.8, 4) is 6.07 Å². The van der Waals surface area contributed by atoms with Gasteiger partial charge in [0.05, 0.1) is 11.5 Å². The molecular weight excluding hydrogens is 265 g/mol. The van der Waals surface area contributed by atoms with Gasteiger partial charge in [-0.2, -0.15) is 5.26 Å². The second kappa shape index (κ2) is 6.15. The first-order chi connectivity index (χ1) is 9.97. The predicted octanol–water partition coefficient (Wildman–Crippen LogP) is 4.53. The maximum Gasteiger partial charge on any atom is 0.129 e. The summed E-state index contributed by atoms with van der Waals surface area (Å²) in [5, 5.41) is 20.7. The summed E-state index contributed by atoms with van der Waals surface area (Å²) < 4.78 is 14.1. The number of nitriles is 1. The molecule has 0 saturated heterocycles. The fourth-order valence-corrected chi connectivity index (χ4v) is 3.69. The third kappa shape index (κ3) is 2.82. The molecule has 1 aromatic rings. The molecule has 1 N–H and O–H groups in total. The summed E-state index contributed by atoms with van der Waals surface area (Å²) in [4.78, 5) is 0. The molecule has 0 aliphatic heterocycles. The summed E-state index contributed by atoms with van der Waals surface area (Å²) in [6.45, 7) is 3.76. The molecule has 1 atom stereocenters. The molecule has 2 rings (SSSR count). The van der Waals surface area contributed by atoms with Crippen LogP contribution in [0.3, 0.4) is 0 Å². The average molecular weight is 289 g/mol. The Kier molecular flexibility index (Phi) is 4.68. The Morgan fingerprint density at radius 2 is 2.00 bits per heavy atom. The summed E-state index contributed by atoms with van der Waals surface area (Å²) in [6.07, 6.45) is 5.46. The lowest BCUT2D eigenvalue weighted by atomic mass is 9.60. The van der Waals surface area contributed by atoms with Gasteiger partial charge in [-0.25, -0.2) is 4.39 Å². The monoisotopic (exact) mass is 289 g/mol. The van der Waals surface area contributed by atoms with E-state index < -0.39 is 16.8 Å². The molecule has 1 fully saturated rings. The van der Waals surface area contributed by atoms with Crippen LogP contribution in [0.15, 0.2) is 24.3 Å². The Bertz CT molecular complexity index is 524. The Labute approximate surface area is 126 Å². The van der Waals surface area contributed by atoms with Crippen molar-refractivity contribution in [3.05, 3.63) is 35.6 Å². The van der Waals surface area contributed by atoms with E-state index in [1.54, 1.807) is 25.1 Å². The van der Waals surface area contributed by atoms with E-state index >= 15 is 0 Å². The van der Waals surface area contributed by atoms with Crippen LogP contribution < -0.4 is 0 Å². The minimum atomic E-state index is -1.45. The molecule has 0 amide bonds.